The van der Waals surface area contributed by atoms with Crippen molar-refractivity contribution in [1.29, 1.82) is 0 Å². The summed E-state index contributed by atoms with van der Waals surface area (Å²) in [4.78, 5) is 67.9. The molecule has 1 fully saturated rings. The summed E-state index contributed by atoms with van der Waals surface area (Å²) in [6.45, 7) is -1.05. The van der Waals surface area contributed by atoms with Crippen LogP contribution < -0.4 is 11.1 Å². The van der Waals surface area contributed by atoms with Crippen molar-refractivity contribution in [1.82, 2.24) is 14.6 Å². The first-order valence-electron chi connectivity index (χ1n) is 10.3. The van der Waals surface area contributed by atoms with Gasteiger partial charge < -0.3 is 25.4 Å². The highest BCUT2D eigenvalue weighted by atomic mass is 32.2. The van der Waals surface area contributed by atoms with Crippen molar-refractivity contribution in [3.05, 3.63) is 51.0 Å². The van der Waals surface area contributed by atoms with Crippen LogP contribution in [-0.2, 0) is 50.4 Å². The number of hydrogen-bond donors (Lipinski definition) is 3. The number of nitrogens with one attached hydrogen (secondary N) is 1. The minimum absolute atomic E-state index is 0.0118. The highest BCUT2D eigenvalue weighted by Gasteiger charge is 2.58. The quantitative estimate of drug-likeness (QED) is 0.0695. The van der Waals surface area contributed by atoms with E-state index < -0.39 is 63.4 Å². The van der Waals surface area contributed by atoms with E-state index in [9.17, 15) is 42.3 Å². The molecule has 2 amide bonds. The number of hydrogen-bond acceptors (Lipinski definition) is 15. The first-order valence-corrected chi connectivity index (χ1v) is 12.6. The number of oxime groups is 1. The number of thiazole rings is 1. The second-order valence-electron chi connectivity index (χ2n) is 7.40. The number of non-ortho nitro benzene ring substituents is 1. The number of nitrogen functional groups attached to an aromatic ring is 1. The van der Waals surface area contributed by atoms with E-state index in [2.05, 4.69) is 20.2 Å². The van der Waals surface area contributed by atoms with Gasteiger partial charge in [-0.15, -0.1) is 11.3 Å². The van der Waals surface area contributed by atoms with E-state index in [1.165, 1.54) is 29.6 Å². The molecule has 0 unspecified atom stereocenters. The largest absolute Gasteiger partial charge is 0.467 e. The SMILES string of the molecule is COC(=O)[C@@H]1[C@H](NC(=O)C(=NOCC(=O)OCc2ccc([N+](=O)[O-])cc2)c2csc(N)n2)C(=O)N1S(=O)(=O)O. The van der Waals surface area contributed by atoms with Crippen LogP contribution in [0, 0.1) is 10.1 Å². The Balaban J connectivity index is 1.68. The standard InChI is InChI=1S/C19H18N6O12S2/c1-35-18(29)15-14(17(28)24(15)39(32,33)34)22-16(27)13(11-8-38-19(20)21-11)23-37-7-12(26)36-6-9-2-4-10(5-3-9)25(30)31/h2-5,8,14-15H,6-7H2,1H3,(H2,20,21)(H,22,27)(H,32,33,34)/t14-,15-/m0/s1. The zero-order valence-electron chi connectivity index (χ0n) is 19.6. The van der Waals surface area contributed by atoms with Crippen LogP contribution in [0.3, 0.4) is 0 Å². The molecule has 2 aromatic rings. The Morgan fingerprint density at radius 1 is 1.31 bits per heavy atom. The number of aromatic nitrogens is 1. The Labute approximate surface area is 222 Å². The van der Waals surface area contributed by atoms with Crippen molar-refractivity contribution in [2.24, 2.45) is 5.16 Å². The fourth-order valence-electron chi connectivity index (χ4n) is 3.09. The van der Waals surface area contributed by atoms with Crippen molar-refractivity contribution in [3.63, 3.8) is 0 Å². The predicted octanol–water partition coefficient (Wildman–Crippen LogP) is -1.23. The van der Waals surface area contributed by atoms with Crippen LogP contribution in [0.5, 0.6) is 0 Å². The number of anilines is 1. The number of carbonyl (C=O) groups excluding carboxylic acids is 4. The maximum Gasteiger partial charge on any atom is 0.363 e. The monoisotopic (exact) mass is 586 g/mol. The molecule has 4 N–H and O–H groups in total. The summed E-state index contributed by atoms with van der Waals surface area (Å²) >= 11 is 0.905. The van der Waals surface area contributed by atoms with E-state index in [1.807, 2.05) is 0 Å². The van der Waals surface area contributed by atoms with Crippen LogP contribution in [0.25, 0.3) is 0 Å². The number of methoxy groups -OCH3 is 1. The lowest BCUT2D eigenvalue weighted by atomic mass is 9.98. The second-order valence-corrected chi connectivity index (χ2v) is 9.58. The molecule has 1 saturated heterocycles. The third-order valence-electron chi connectivity index (χ3n) is 4.89. The van der Waals surface area contributed by atoms with E-state index in [-0.39, 0.29) is 27.4 Å². The van der Waals surface area contributed by atoms with Crippen LogP contribution in [-0.4, -0.2) is 82.4 Å². The minimum atomic E-state index is -5.14. The topological polar surface area (TPSA) is 260 Å². The van der Waals surface area contributed by atoms with Crippen LogP contribution in [0.2, 0.25) is 0 Å². The molecule has 0 aliphatic carbocycles. The van der Waals surface area contributed by atoms with Gasteiger partial charge in [0.25, 0.3) is 17.5 Å². The summed E-state index contributed by atoms with van der Waals surface area (Å²) in [5.41, 5.74) is 5.11. The van der Waals surface area contributed by atoms with Gasteiger partial charge in [0.15, 0.2) is 16.9 Å². The number of nitro benzene ring substituents is 1. The molecule has 20 heteroatoms. The molecular weight excluding hydrogens is 568 g/mol. The lowest BCUT2D eigenvalue weighted by molar-refractivity contribution is -0.384. The molecule has 18 nitrogen and oxygen atoms in total. The maximum atomic E-state index is 12.9. The Bertz CT molecular complexity index is 1440. The predicted molar refractivity (Wildman–Crippen MR) is 128 cm³/mol. The molecule has 1 aliphatic rings. The van der Waals surface area contributed by atoms with E-state index in [0.29, 0.717) is 5.56 Å². The number of β-lactam (4-membered cyclic amide) rings is 1. The first-order chi connectivity index (χ1) is 18.3. The van der Waals surface area contributed by atoms with Crippen molar-refractivity contribution < 1.29 is 51.4 Å². The lowest BCUT2D eigenvalue weighted by Crippen LogP contribution is -2.74. The highest BCUT2D eigenvalue weighted by molar-refractivity contribution is 7.84. The van der Waals surface area contributed by atoms with Crippen LogP contribution in [0.15, 0.2) is 34.8 Å². The van der Waals surface area contributed by atoms with Gasteiger partial charge in [-0.05, 0) is 17.7 Å². The molecule has 0 radical (unpaired) electrons. The summed E-state index contributed by atoms with van der Waals surface area (Å²) in [5, 5.41) is 17.6. The summed E-state index contributed by atoms with van der Waals surface area (Å²) in [7, 11) is -4.25. The molecule has 1 aromatic carbocycles. The van der Waals surface area contributed by atoms with Crippen LogP contribution >= 0.6 is 11.3 Å². The van der Waals surface area contributed by atoms with E-state index in [0.717, 1.165) is 18.4 Å². The first kappa shape index (κ1) is 28.9. The smallest absolute Gasteiger partial charge is 0.363 e. The fraction of sp³-hybridized carbons (Fsp3) is 0.263. The number of amides is 2. The molecule has 2 heterocycles. The van der Waals surface area contributed by atoms with Gasteiger partial charge >= 0.3 is 22.2 Å². The number of benzene rings is 1. The third-order valence-corrected chi connectivity index (χ3v) is 6.47. The molecule has 0 saturated carbocycles. The molecule has 39 heavy (non-hydrogen) atoms. The zero-order valence-corrected chi connectivity index (χ0v) is 21.2. The van der Waals surface area contributed by atoms with Gasteiger partial charge in [0.2, 0.25) is 6.61 Å². The van der Waals surface area contributed by atoms with Gasteiger partial charge in [-0.25, -0.2) is 14.6 Å². The lowest BCUT2D eigenvalue weighted by Gasteiger charge is -2.41. The number of ether oxygens (including phenoxy) is 2. The molecule has 1 aromatic heterocycles. The van der Waals surface area contributed by atoms with Crippen LogP contribution in [0.4, 0.5) is 10.8 Å². The molecule has 1 aliphatic heterocycles. The number of carbonyl (C=O) groups is 4. The van der Waals surface area contributed by atoms with Gasteiger partial charge in [-0.2, -0.15) is 12.7 Å². The van der Waals surface area contributed by atoms with E-state index >= 15 is 0 Å². The maximum absolute atomic E-state index is 12.9. The number of esters is 2. The molecule has 0 bridgehead atoms. The molecule has 3 rings (SSSR count). The van der Waals surface area contributed by atoms with Crippen molar-refractivity contribution in [2.45, 2.75) is 18.7 Å². The Morgan fingerprint density at radius 3 is 2.51 bits per heavy atom. The summed E-state index contributed by atoms with van der Waals surface area (Å²) in [5.74, 6) is -4.70. The fourth-order valence-corrected chi connectivity index (χ4v) is 4.48. The van der Waals surface area contributed by atoms with E-state index in [4.69, 9.17) is 15.3 Å². The number of nitro groups is 1. The second kappa shape index (κ2) is 11.8. The molecule has 2 atom stereocenters. The summed E-state index contributed by atoms with van der Waals surface area (Å²) in [6, 6.07) is 1.54. The zero-order chi connectivity index (χ0) is 28.9. The average molecular weight is 587 g/mol. The van der Waals surface area contributed by atoms with Crippen molar-refractivity contribution in [3.8, 4) is 0 Å². The Morgan fingerprint density at radius 2 is 1.97 bits per heavy atom. The van der Waals surface area contributed by atoms with Crippen molar-refractivity contribution in [2.75, 3.05) is 19.5 Å². The highest BCUT2D eigenvalue weighted by Crippen LogP contribution is 2.25. The number of nitrogens with two attached hydrogens (primary N) is 1. The Kier molecular flexibility index (Phi) is 8.73. The average Bonchev–Trinajstić information content (AvgIpc) is 3.31. The molecule has 208 valence electrons. The summed E-state index contributed by atoms with van der Waals surface area (Å²) in [6.07, 6.45) is 0. The van der Waals surface area contributed by atoms with Gasteiger partial charge in [-0.3, -0.25) is 24.3 Å². The number of rotatable bonds is 11. The Hall–Kier alpha value is -4.69. The third kappa shape index (κ3) is 6.80. The van der Waals surface area contributed by atoms with Crippen LogP contribution in [0.1, 0.15) is 11.3 Å². The minimum Gasteiger partial charge on any atom is -0.467 e. The van der Waals surface area contributed by atoms with Crippen molar-refractivity contribution >= 4 is 61.9 Å². The molecular formula is C19H18N6O12S2. The van der Waals surface area contributed by atoms with Gasteiger partial charge in [0, 0.05) is 17.5 Å². The molecule has 0 spiro atoms. The van der Waals surface area contributed by atoms with Gasteiger partial charge in [0.05, 0.1) is 12.0 Å². The normalized spacial score (nSPS) is 17.1. The van der Waals surface area contributed by atoms with Gasteiger partial charge in [-0.1, -0.05) is 5.16 Å². The summed E-state index contributed by atoms with van der Waals surface area (Å²) < 4.78 is 41.3. The van der Waals surface area contributed by atoms with E-state index in [1.54, 1.807) is 0 Å². The van der Waals surface area contributed by atoms with Gasteiger partial charge in [0.1, 0.15) is 18.3 Å². The number of nitrogens with zero attached hydrogens (tertiary/aromatic N) is 4.